The van der Waals surface area contributed by atoms with E-state index in [1.807, 2.05) is 24.3 Å². The third-order valence-corrected chi connectivity index (χ3v) is 13.3. The van der Waals surface area contributed by atoms with Gasteiger partial charge in [-0.1, -0.05) is 107 Å². The van der Waals surface area contributed by atoms with Crippen LogP contribution in [0.1, 0.15) is 50.4 Å². The normalized spacial score (nSPS) is 15.2. The van der Waals surface area contributed by atoms with E-state index in [1.165, 1.54) is 88.4 Å². The second-order valence-corrected chi connectivity index (χ2v) is 17.8. The molecule has 0 spiro atoms. The summed E-state index contributed by atoms with van der Waals surface area (Å²) >= 11 is 0. The van der Waals surface area contributed by atoms with Crippen LogP contribution in [0.25, 0.3) is 116 Å². The summed E-state index contributed by atoms with van der Waals surface area (Å²) in [6.45, 7) is 9.42. The van der Waals surface area contributed by atoms with Gasteiger partial charge in [-0.15, -0.1) is 0 Å². The summed E-state index contributed by atoms with van der Waals surface area (Å²) in [5.41, 5.74) is 17.7. The van der Waals surface area contributed by atoms with E-state index in [2.05, 4.69) is 166 Å². The molecule has 1 atom stereocenters. The SMILES string of the molecule is C[C@H]1C2=CC(C(C)(C)C)=Cc3c1n(c1cc4cc(-c5ccc6oc7ccccc7c6c5)ccc4cc31)-c1cc3cc(-c4ccc5oc6ccccc6c5c4)ccc3cc12. The lowest BCUT2D eigenvalue weighted by atomic mass is 9.81. The van der Waals surface area contributed by atoms with Gasteiger partial charge < -0.3 is 13.4 Å². The molecule has 0 unspecified atom stereocenters. The van der Waals surface area contributed by atoms with Gasteiger partial charge >= 0.3 is 0 Å². The fourth-order valence-electron chi connectivity index (χ4n) is 10.2. The highest BCUT2D eigenvalue weighted by atomic mass is 16.3. The van der Waals surface area contributed by atoms with Gasteiger partial charge in [0.1, 0.15) is 22.3 Å². The van der Waals surface area contributed by atoms with Crippen molar-refractivity contribution >= 4 is 88.0 Å². The lowest BCUT2D eigenvalue weighted by Gasteiger charge is -2.30. The number of fused-ring (bicyclic) bond motifs is 15. The van der Waals surface area contributed by atoms with Crippen LogP contribution in [0, 0.1) is 5.41 Å². The van der Waals surface area contributed by atoms with Gasteiger partial charge in [-0.3, -0.25) is 0 Å². The van der Waals surface area contributed by atoms with Crippen molar-refractivity contribution < 1.29 is 8.83 Å². The zero-order chi connectivity index (χ0) is 39.3. The van der Waals surface area contributed by atoms with E-state index in [1.54, 1.807) is 0 Å². The number of para-hydroxylation sites is 2. The van der Waals surface area contributed by atoms with Crippen molar-refractivity contribution in [3.8, 4) is 27.9 Å². The number of nitrogens with zero attached hydrogens (tertiary/aromatic N) is 1. The predicted octanol–water partition coefficient (Wildman–Crippen LogP) is 16.0. The predicted molar refractivity (Wildman–Crippen MR) is 248 cm³/mol. The van der Waals surface area contributed by atoms with Gasteiger partial charge in [0.2, 0.25) is 0 Å². The molecule has 11 aromatic rings. The minimum Gasteiger partial charge on any atom is -0.456 e. The lowest BCUT2D eigenvalue weighted by molar-refractivity contribution is 0.521. The Morgan fingerprint density at radius 3 is 1.64 bits per heavy atom. The average Bonchev–Trinajstić information content (AvgIpc) is 3.89. The van der Waals surface area contributed by atoms with E-state index >= 15 is 0 Å². The minimum absolute atomic E-state index is 0.0220. The lowest BCUT2D eigenvalue weighted by Crippen LogP contribution is -2.15. The van der Waals surface area contributed by atoms with Gasteiger partial charge in [0, 0.05) is 49.7 Å². The molecule has 0 fully saturated rings. The van der Waals surface area contributed by atoms with Crippen molar-refractivity contribution in [2.24, 2.45) is 5.41 Å². The molecular weight excluding hydrogens is 719 g/mol. The Labute approximate surface area is 341 Å². The molecule has 3 heteroatoms. The third kappa shape index (κ3) is 4.70. The first-order valence-electron chi connectivity index (χ1n) is 20.7. The Hall–Kier alpha value is -7.10. The molecule has 0 radical (unpaired) electrons. The fourth-order valence-corrected chi connectivity index (χ4v) is 10.2. The van der Waals surface area contributed by atoms with Crippen molar-refractivity contribution in [1.82, 2.24) is 4.57 Å². The van der Waals surface area contributed by atoms with Crippen LogP contribution >= 0.6 is 0 Å². The maximum atomic E-state index is 6.18. The van der Waals surface area contributed by atoms with Crippen LogP contribution in [0.15, 0.2) is 166 Å². The van der Waals surface area contributed by atoms with Crippen molar-refractivity contribution in [3.05, 3.63) is 174 Å². The number of hydrogen-bond donors (Lipinski definition) is 0. The maximum absolute atomic E-state index is 6.18. The van der Waals surface area contributed by atoms with Crippen LogP contribution in [0.2, 0.25) is 0 Å². The van der Waals surface area contributed by atoms with Gasteiger partial charge in [0.15, 0.2) is 0 Å². The van der Waals surface area contributed by atoms with Crippen LogP contribution < -0.4 is 0 Å². The number of hydrogen-bond acceptors (Lipinski definition) is 2. The molecule has 1 aliphatic carbocycles. The molecule has 3 aromatic heterocycles. The minimum atomic E-state index is -0.0220. The standard InChI is InChI=1S/C56H39NO2/c1-31-43-29-40(56(2,3)4)30-48-45-24-37-16-14-33(35-18-20-54-47(26-35)42-10-6-8-12-52(42)59-54)22-39(37)28-50(45)57(55(31)48)49-27-38-21-32(13-15-36(38)23-44(43)49)34-17-19-53-46(25-34)41-9-5-7-11-51(41)58-53/h5-31H,1-4H3/t31-/m0/s1. The molecular formula is C56H39NO2. The summed E-state index contributed by atoms with van der Waals surface area (Å²) in [5.74, 6) is 0.226. The summed E-state index contributed by atoms with van der Waals surface area (Å²) in [6.07, 6.45) is 4.98. The van der Waals surface area contributed by atoms with E-state index < -0.39 is 0 Å². The van der Waals surface area contributed by atoms with Crippen molar-refractivity contribution in [1.29, 1.82) is 0 Å². The molecule has 2 bridgehead atoms. The van der Waals surface area contributed by atoms with Crippen molar-refractivity contribution in [3.63, 3.8) is 0 Å². The van der Waals surface area contributed by atoms with Gasteiger partial charge in [-0.2, -0.15) is 0 Å². The van der Waals surface area contributed by atoms with Crippen LogP contribution in [-0.4, -0.2) is 4.57 Å². The average molecular weight is 758 g/mol. The molecule has 0 saturated heterocycles. The van der Waals surface area contributed by atoms with Gasteiger partial charge in [0.25, 0.3) is 0 Å². The van der Waals surface area contributed by atoms with E-state index in [9.17, 15) is 0 Å². The Morgan fingerprint density at radius 2 is 1.02 bits per heavy atom. The maximum Gasteiger partial charge on any atom is 0.135 e. The third-order valence-electron chi connectivity index (χ3n) is 13.3. The number of benzene rings is 8. The molecule has 13 rings (SSSR count). The summed E-state index contributed by atoms with van der Waals surface area (Å²) in [4.78, 5) is 0. The Kier molecular flexibility index (Phi) is 6.43. The Balaban J connectivity index is 1.03. The molecule has 0 N–H and O–H groups in total. The highest BCUT2D eigenvalue weighted by Gasteiger charge is 2.35. The van der Waals surface area contributed by atoms with Crippen LogP contribution in [0.5, 0.6) is 0 Å². The van der Waals surface area contributed by atoms with Gasteiger partial charge in [-0.05, 0) is 139 Å². The molecule has 280 valence electrons. The van der Waals surface area contributed by atoms with Crippen molar-refractivity contribution in [2.45, 2.75) is 33.6 Å². The van der Waals surface area contributed by atoms with E-state index in [-0.39, 0.29) is 11.3 Å². The highest BCUT2D eigenvalue weighted by molar-refractivity contribution is 6.10. The second kappa shape index (κ2) is 11.5. The first-order chi connectivity index (χ1) is 28.7. The smallest absolute Gasteiger partial charge is 0.135 e. The molecule has 3 nitrogen and oxygen atoms in total. The van der Waals surface area contributed by atoms with E-state index in [0.29, 0.717) is 0 Å². The van der Waals surface area contributed by atoms with Gasteiger partial charge in [-0.25, -0.2) is 0 Å². The molecule has 8 aromatic carbocycles. The van der Waals surface area contributed by atoms with Crippen LogP contribution in [0.3, 0.4) is 0 Å². The first kappa shape index (κ1) is 32.9. The van der Waals surface area contributed by atoms with Gasteiger partial charge in [0.05, 0.1) is 11.2 Å². The number of allylic oxidation sites excluding steroid dienone is 3. The van der Waals surface area contributed by atoms with Crippen LogP contribution in [0.4, 0.5) is 0 Å². The summed E-state index contributed by atoms with van der Waals surface area (Å²) in [5, 5.41) is 10.9. The summed E-state index contributed by atoms with van der Waals surface area (Å²) < 4.78 is 14.9. The topological polar surface area (TPSA) is 31.2 Å². The fraction of sp³-hybridized carbons (Fsp3) is 0.107. The number of rotatable bonds is 2. The van der Waals surface area contributed by atoms with Crippen LogP contribution in [-0.2, 0) is 0 Å². The molecule has 1 aliphatic heterocycles. The van der Waals surface area contributed by atoms with E-state index in [4.69, 9.17) is 8.83 Å². The number of furan rings is 2. The number of aromatic nitrogens is 1. The molecule has 0 amide bonds. The second-order valence-electron chi connectivity index (χ2n) is 17.8. The zero-order valence-electron chi connectivity index (χ0n) is 33.4. The Bertz CT molecular complexity index is 3720. The summed E-state index contributed by atoms with van der Waals surface area (Å²) in [7, 11) is 0. The monoisotopic (exact) mass is 757 g/mol. The molecule has 2 aliphatic rings. The molecule has 0 saturated carbocycles. The molecule has 59 heavy (non-hydrogen) atoms. The first-order valence-corrected chi connectivity index (χ1v) is 20.7. The largest absolute Gasteiger partial charge is 0.456 e. The highest BCUT2D eigenvalue weighted by Crippen LogP contribution is 2.52. The Morgan fingerprint density at radius 1 is 0.475 bits per heavy atom. The zero-order valence-corrected chi connectivity index (χ0v) is 33.4. The summed E-state index contributed by atoms with van der Waals surface area (Å²) in [6, 6.07) is 53.4. The molecule has 4 heterocycles. The van der Waals surface area contributed by atoms with Crippen molar-refractivity contribution in [2.75, 3.05) is 0 Å². The van der Waals surface area contributed by atoms with E-state index in [0.717, 1.165) is 43.9 Å². The quantitative estimate of drug-likeness (QED) is 0.176.